The summed E-state index contributed by atoms with van der Waals surface area (Å²) in [7, 11) is 3.96. The van der Waals surface area contributed by atoms with Gasteiger partial charge in [-0.3, -0.25) is 4.79 Å². The number of rotatable bonds is 6. The summed E-state index contributed by atoms with van der Waals surface area (Å²) in [6, 6.07) is 25.0. The fourth-order valence-corrected chi connectivity index (χ4v) is 5.25. The number of hydrogen-bond acceptors (Lipinski definition) is 4. The minimum atomic E-state index is 0.695. The molecule has 4 aromatic rings. The Balaban J connectivity index is 1.44. The normalized spacial score (nSPS) is 13.7. The third-order valence-corrected chi connectivity index (χ3v) is 7.52. The molecule has 5 nitrogen and oxygen atoms in total. The van der Waals surface area contributed by atoms with Crippen molar-refractivity contribution in [3.8, 4) is 22.4 Å². The summed E-state index contributed by atoms with van der Waals surface area (Å²) in [6.07, 6.45) is 0.981. The molecular formula is C30H31ClN4O. The molecule has 0 radical (unpaired) electrons. The van der Waals surface area contributed by atoms with Crippen LogP contribution in [0.4, 0.5) is 17.1 Å². The van der Waals surface area contributed by atoms with Crippen LogP contribution in [0.1, 0.15) is 16.1 Å². The fourth-order valence-electron chi connectivity index (χ4n) is 5.13. The van der Waals surface area contributed by atoms with Gasteiger partial charge in [0.1, 0.15) is 0 Å². The molecule has 0 amide bonds. The molecule has 0 saturated carbocycles. The molecule has 0 spiro atoms. The largest absolute Gasteiger partial charge is 0.388 e. The van der Waals surface area contributed by atoms with E-state index in [4.69, 9.17) is 11.6 Å². The predicted octanol–water partition coefficient (Wildman–Crippen LogP) is 6.50. The van der Waals surface area contributed by atoms with Gasteiger partial charge in [0.2, 0.25) is 0 Å². The van der Waals surface area contributed by atoms with Crippen molar-refractivity contribution in [3.63, 3.8) is 0 Å². The third kappa shape index (κ3) is 4.47. The number of aldehydes is 1. The number of hydrogen-bond donors (Lipinski definition) is 1. The molecule has 1 N–H and O–H groups in total. The molecule has 0 atom stereocenters. The summed E-state index contributed by atoms with van der Waals surface area (Å²) < 4.78 is 2.10. The number of carbonyl (C=O) groups excluding carboxylic acids is 1. The molecule has 5 rings (SSSR count). The molecule has 0 bridgehead atoms. The summed E-state index contributed by atoms with van der Waals surface area (Å²) in [5.41, 5.74) is 9.32. The average Bonchev–Trinajstić information content (AvgIpc) is 3.19. The van der Waals surface area contributed by atoms with Crippen LogP contribution >= 0.6 is 11.6 Å². The van der Waals surface area contributed by atoms with Crippen molar-refractivity contribution >= 4 is 34.9 Å². The summed E-state index contributed by atoms with van der Waals surface area (Å²) in [4.78, 5) is 17.1. The number of carbonyl (C=O) groups is 1. The number of benzene rings is 3. The van der Waals surface area contributed by atoms with Crippen molar-refractivity contribution in [1.82, 2.24) is 4.57 Å². The van der Waals surface area contributed by atoms with Gasteiger partial charge in [0.15, 0.2) is 6.29 Å². The number of aromatic nitrogens is 1. The van der Waals surface area contributed by atoms with Gasteiger partial charge in [0.25, 0.3) is 0 Å². The second-order valence-electron chi connectivity index (χ2n) is 9.23. The fraction of sp³-hybridized carbons (Fsp3) is 0.233. The maximum absolute atomic E-state index is 12.2. The van der Waals surface area contributed by atoms with Crippen LogP contribution in [0.2, 0.25) is 5.02 Å². The van der Waals surface area contributed by atoms with E-state index in [0.29, 0.717) is 5.02 Å². The predicted molar refractivity (Wildman–Crippen MR) is 152 cm³/mol. The van der Waals surface area contributed by atoms with Crippen LogP contribution in [0, 0.1) is 6.92 Å². The minimum Gasteiger partial charge on any atom is -0.388 e. The molecule has 1 saturated heterocycles. The summed E-state index contributed by atoms with van der Waals surface area (Å²) in [5, 5.41) is 3.87. The molecule has 1 aliphatic heterocycles. The Labute approximate surface area is 217 Å². The van der Waals surface area contributed by atoms with Gasteiger partial charge in [-0.1, -0.05) is 35.9 Å². The monoisotopic (exact) mass is 498 g/mol. The quantitative estimate of drug-likeness (QED) is 0.308. The second kappa shape index (κ2) is 10.1. The maximum atomic E-state index is 12.2. The summed E-state index contributed by atoms with van der Waals surface area (Å²) in [6.45, 7) is 5.80. The highest BCUT2D eigenvalue weighted by Crippen LogP contribution is 2.39. The molecule has 3 aromatic carbocycles. The molecule has 184 valence electrons. The van der Waals surface area contributed by atoms with Crippen LogP contribution in [0.5, 0.6) is 0 Å². The number of nitrogens with zero attached hydrogens (tertiary/aromatic N) is 3. The minimum absolute atomic E-state index is 0.695. The van der Waals surface area contributed by atoms with Gasteiger partial charge in [-0.05, 0) is 66.6 Å². The van der Waals surface area contributed by atoms with E-state index < -0.39 is 0 Å². The number of piperazine rings is 1. The molecule has 1 aromatic heterocycles. The Morgan fingerprint density at radius 2 is 1.47 bits per heavy atom. The number of halogens is 1. The Bertz CT molecular complexity index is 1370. The smallest absolute Gasteiger partial charge is 0.152 e. The highest BCUT2D eigenvalue weighted by atomic mass is 35.5. The van der Waals surface area contributed by atoms with E-state index in [2.05, 4.69) is 68.2 Å². The molecule has 36 heavy (non-hydrogen) atoms. The zero-order chi connectivity index (χ0) is 25.2. The van der Waals surface area contributed by atoms with Crippen molar-refractivity contribution in [2.24, 2.45) is 7.05 Å². The van der Waals surface area contributed by atoms with E-state index in [0.717, 1.165) is 71.8 Å². The lowest BCUT2D eigenvalue weighted by molar-refractivity contribution is 0.112. The summed E-state index contributed by atoms with van der Waals surface area (Å²) in [5.74, 6) is 0. The van der Waals surface area contributed by atoms with Gasteiger partial charge in [0.05, 0.1) is 5.69 Å². The van der Waals surface area contributed by atoms with Crippen molar-refractivity contribution in [3.05, 3.63) is 89.1 Å². The van der Waals surface area contributed by atoms with E-state index in [1.165, 1.54) is 11.4 Å². The lowest BCUT2D eigenvalue weighted by Crippen LogP contribution is -2.46. The van der Waals surface area contributed by atoms with Crippen LogP contribution in [-0.2, 0) is 7.05 Å². The number of anilines is 3. The van der Waals surface area contributed by atoms with Gasteiger partial charge in [0, 0.05) is 79.2 Å². The average molecular weight is 499 g/mol. The Morgan fingerprint density at radius 1 is 0.833 bits per heavy atom. The van der Waals surface area contributed by atoms with E-state index in [-0.39, 0.29) is 0 Å². The Morgan fingerprint density at radius 3 is 2.08 bits per heavy atom. The van der Waals surface area contributed by atoms with Crippen LogP contribution in [0.25, 0.3) is 22.4 Å². The van der Waals surface area contributed by atoms with Crippen LogP contribution in [-0.4, -0.2) is 44.1 Å². The van der Waals surface area contributed by atoms with Crippen molar-refractivity contribution < 1.29 is 4.79 Å². The van der Waals surface area contributed by atoms with E-state index in [1.54, 1.807) is 0 Å². The molecule has 0 aliphatic carbocycles. The van der Waals surface area contributed by atoms with Crippen LogP contribution < -0.4 is 15.1 Å². The first-order valence-electron chi connectivity index (χ1n) is 12.3. The molecular weight excluding hydrogens is 468 g/mol. The van der Waals surface area contributed by atoms with E-state index >= 15 is 0 Å². The van der Waals surface area contributed by atoms with Gasteiger partial charge in [-0.2, -0.15) is 0 Å². The second-order valence-corrected chi connectivity index (χ2v) is 9.66. The van der Waals surface area contributed by atoms with Gasteiger partial charge < -0.3 is 19.7 Å². The number of nitrogens with one attached hydrogen (secondary N) is 1. The topological polar surface area (TPSA) is 40.5 Å². The molecule has 2 heterocycles. The van der Waals surface area contributed by atoms with Crippen molar-refractivity contribution in [2.75, 3.05) is 48.3 Å². The molecule has 6 heteroatoms. The SMILES string of the molecule is CNc1ccc(N2CCN(c3cccc(-c4c(C=O)c(C)n(C)c4-c4ccc(Cl)cc4)c3)CC2)cc1. The Hall–Kier alpha value is -3.70. The van der Waals surface area contributed by atoms with Crippen LogP contribution in [0.3, 0.4) is 0 Å². The lowest BCUT2D eigenvalue weighted by Gasteiger charge is -2.37. The van der Waals surface area contributed by atoms with Gasteiger partial charge in [-0.25, -0.2) is 0 Å². The first-order chi connectivity index (χ1) is 17.5. The molecule has 1 aliphatic rings. The highest BCUT2D eigenvalue weighted by molar-refractivity contribution is 6.30. The molecule has 0 unspecified atom stereocenters. The highest BCUT2D eigenvalue weighted by Gasteiger charge is 2.23. The van der Waals surface area contributed by atoms with Gasteiger partial charge >= 0.3 is 0 Å². The maximum Gasteiger partial charge on any atom is 0.152 e. The third-order valence-electron chi connectivity index (χ3n) is 7.27. The lowest BCUT2D eigenvalue weighted by atomic mass is 9.97. The van der Waals surface area contributed by atoms with E-state index in [9.17, 15) is 4.79 Å². The first kappa shape index (κ1) is 24.0. The van der Waals surface area contributed by atoms with Crippen LogP contribution in [0.15, 0.2) is 72.8 Å². The Kier molecular flexibility index (Phi) is 6.75. The first-order valence-corrected chi connectivity index (χ1v) is 12.7. The van der Waals surface area contributed by atoms with E-state index in [1.807, 2.05) is 45.3 Å². The van der Waals surface area contributed by atoms with Crippen molar-refractivity contribution in [1.29, 1.82) is 0 Å². The summed E-state index contributed by atoms with van der Waals surface area (Å²) >= 11 is 6.15. The van der Waals surface area contributed by atoms with Crippen molar-refractivity contribution in [2.45, 2.75) is 6.92 Å². The standard InChI is InChI=1S/C30H31ClN4O/c1-21-28(20-36)29(30(33(21)3)22-7-9-24(31)10-8-22)23-5-4-6-27(19-23)35-17-15-34(16-18-35)26-13-11-25(32-2)12-14-26/h4-14,19-20,32H,15-18H2,1-3H3. The zero-order valence-electron chi connectivity index (χ0n) is 21.0. The molecule has 1 fully saturated rings. The zero-order valence-corrected chi connectivity index (χ0v) is 21.7. The van der Waals surface area contributed by atoms with Gasteiger partial charge in [-0.15, -0.1) is 0 Å².